The van der Waals surface area contributed by atoms with E-state index in [1.54, 1.807) is 0 Å². The number of rotatable bonds is 3. The first-order valence-corrected chi connectivity index (χ1v) is 8.05. The molecule has 6 nitrogen and oxygen atoms in total. The van der Waals surface area contributed by atoms with Crippen molar-refractivity contribution in [1.29, 1.82) is 0 Å². The van der Waals surface area contributed by atoms with E-state index in [0.29, 0.717) is 12.2 Å². The highest BCUT2D eigenvalue weighted by Crippen LogP contribution is 2.29. The number of halogens is 3. The number of hydrogen-bond donors (Lipinski definition) is 0. The van der Waals surface area contributed by atoms with E-state index in [4.69, 9.17) is 4.74 Å². The van der Waals surface area contributed by atoms with Gasteiger partial charge in [-0.3, -0.25) is 9.48 Å². The van der Waals surface area contributed by atoms with Crippen LogP contribution in [0.1, 0.15) is 24.2 Å². The highest BCUT2D eigenvalue weighted by molar-refractivity contribution is 5.77. The third-order valence-corrected chi connectivity index (χ3v) is 4.55. The summed E-state index contributed by atoms with van der Waals surface area (Å²) in [5, 5.41) is 3.56. The first kappa shape index (κ1) is 17.2. The molecule has 3 rings (SSSR count). The van der Waals surface area contributed by atoms with Crippen LogP contribution in [0.4, 0.5) is 13.2 Å². The average molecular weight is 346 g/mol. The van der Waals surface area contributed by atoms with E-state index in [9.17, 15) is 18.0 Å². The van der Waals surface area contributed by atoms with Crippen molar-refractivity contribution >= 4 is 5.91 Å². The quantitative estimate of drug-likeness (QED) is 0.829. The Kier molecular flexibility index (Phi) is 4.82. The Balaban J connectivity index is 1.53. The summed E-state index contributed by atoms with van der Waals surface area (Å²) in [6.07, 6.45) is -2.59. The number of piperidine rings is 1. The third-order valence-electron chi connectivity index (χ3n) is 4.55. The SMILES string of the molecule is CN1CCC(OCC(=O)N2CCn3nc(C(F)(F)F)cc3C2)CC1. The molecule has 134 valence electrons. The van der Waals surface area contributed by atoms with Gasteiger partial charge in [0.1, 0.15) is 6.61 Å². The molecule has 2 aliphatic heterocycles. The Morgan fingerprint density at radius 2 is 2.00 bits per heavy atom. The molecule has 0 bridgehead atoms. The highest BCUT2D eigenvalue weighted by atomic mass is 19.4. The van der Waals surface area contributed by atoms with Crippen LogP contribution in [0.2, 0.25) is 0 Å². The number of nitrogens with zero attached hydrogens (tertiary/aromatic N) is 4. The Hall–Kier alpha value is -1.61. The number of ether oxygens (including phenoxy) is 1. The number of hydrogen-bond acceptors (Lipinski definition) is 4. The molecular formula is C15H21F3N4O2. The number of fused-ring (bicyclic) bond motifs is 1. The van der Waals surface area contributed by atoms with Gasteiger partial charge < -0.3 is 14.5 Å². The maximum absolute atomic E-state index is 12.7. The van der Waals surface area contributed by atoms with Crippen LogP contribution in [0, 0.1) is 0 Å². The molecule has 0 radical (unpaired) electrons. The van der Waals surface area contributed by atoms with Crippen LogP contribution in [0.5, 0.6) is 0 Å². The molecule has 3 heterocycles. The largest absolute Gasteiger partial charge is 0.435 e. The standard InChI is InChI=1S/C15H21F3N4O2/c1-20-4-2-12(3-5-20)24-10-14(23)21-6-7-22-11(9-21)8-13(19-22)15(16,17)18/h8,12H,2-7,9-10H2,1H3. The summed E-state index contributed by atoms with van der Waals surface area (Å²) in [7, 11) is 2.05. The first-order valence-electron chi connectivity index (χ1n) is 8.05. The zero-order chi connectivity index (χ0) is 17.3. The first-order chi connectivity index (χ1) is 11.3. The van der Waals surface area contributed by atoms with Gasteiger partial charge in [-0.15, -0.1) is 0 Å². The third kappa shape index (κ3) is 3.89. The summed E-state index contributed by atoms with van der Waals surface area (Å²) in [4.78, 5) is 16.0. The second-order valence-electron chi connectivity index (χ2n) is 6.37. The molecular weight excluding hydrogens is 325 g/mol. The number of carbonyl (C=O) groups excluding carboxylic acids is 1. The zero-order valence-corrected chi connectivity index (χ0v) is 13.6. The molecule has 1 saturated heterocycles. The minimum Gasteiger partial charge on any atom is -0.368 e. The van der Waals surface area contributed by atoms with Gasteiger partial charge in [0.25, 0.3) is 0 Å². The van der Waals surface area contributed by atoms with Crippen LogP contribution >= 0.6 is 0 Å². The lowest BCUT2D eigenvalue weighted by molar-refractivity contribution is -0.142. The van der Waals surface area contributed by atoms with Crippen molar-refractivity contribution in [3.05, 3.63) is 17.5 Å². The summed E-state index contributed by atoms with van der Waals surface area (Å²) < 4.78 is 45.1. The number of likely N-dealkylation sites (tertiary alicyclic amines) is 1. The lowest BCUT2D eigenvalue weighted by Gasteiger charge is -2.31. The zero-order valence-electron chi connectivity index (χ0n) is 13.6. The Bertz CT molecular complexity index is 594. The van der Waals surface area contributed by atoms with E-state index < -0.39 is 11.9 Å². The van der Waals surface area contributed by atoms with Gasteiger partial charge in [-0.05, 0) is 26.0 Å². The molecule has 1 aromatic heterocycles. The summed E-state index contributed by atoms with van der Waals surface area (Å²) >= 11 is 0. The van der Waals surface area contributed by atoms with Gasteiger partial charge in [-0.2, -0.15) is 18.3 Å². The summed E-state index contributed by atoms with van der Waals surface area (Å²) in [6.45, 7) is 2.63. The number of aromatic nitrogens is 2. The van der Waals surface area contributed by atoms with E-state index in [0.717, 1.165) is 32.0 Å². The van der Waals surface area contributed by atoms with Crippen molar-refractivity contribution in [1.82, 2.24) is 19.6 Å². The fourth-order valence-electron chi connectivity index (χ4n) is 3.05. The lowest BCUT2D eigenvalue weighted by atomic mass is 10.1. The molecule has 1 aromatic rings. The number of alkyl halides is 3. The molecule has 0 N–H and O–H groups in total. The van der Waals surface area contributed by atoms with E-state index in [2.05, 4.69) is 10.00 Å². The second kappa shape index (κ2) is 6.72. The summed E-state index contributed by atoms with van der Waals surface area (Å²) in [6, 6.07) is 1.01. The fraction of sp³-hybridized carbons (Fsp3) is 0.733. The van der Waals surface area contributed by atoms with Gasteiger partial charge in [0.05, 0.1) is 24.9 Å². The van der Waals surface area contributed by atoms with E-state index in [1.165, 1.54) is 9.58 Å². The molecule has 1 fully saturated rings. The predicted octanol–water partition coefficient (Wildman–Crippen LogP) is 1.35. The summed E-state index contributed by atoms with van der Waals surface area (Å²) in [5.74, 6) is -0.185. The average Bonchev–Trinajstić information content (AvgIpc) is 2.97. The monoisotopic (exact) mass is 346 g/mol. The highest BCUT2D eigenvalue weighted by Gasteiger charge is 2.36. The van der Waals surface area contributed by atoms with Crippen molar-refractivity contribution in [3.8, 4) is 0 Å². The number of amides is 1. The molecule has 0 saturated carbocycles. The Morgan fingerprint density at radius 1 is 1.29 bits per heavy atom. The van der Waals surface area contributed by atoms with Crippen LogP contribution in [-0.2, 0) is 28.8 Å². The maximum atomic E-state index is 12.7. The van der Waals surface area contributed by atoms with Crippen LogP contribution in [0.25, 0.3) is 0 Å². The van der Waals surface area contributed by atoms with Crippen molar-refractivity contribution in [2.24, 2.45) is 0 Å². The second-order valence-corrected chi connectivity index (χ2v) is 6.37. The molecule has 0 unspecified atom stereocenters. The van der Waals surface area contributed by atoms with Gasteiger partial charge in [0.15, 0.2) is 5.69 Å². The van der Waals surface area contributed by atoms with Crippen molar-refractivity contribution < 1.29 is 22.7 Å². The molecule has 0 atom stereocenters. The Labute approximate surface area is 138 Å². The molecule has 9 heteroatoms. The van der Waals surface area contributed by atoms with Crippen molar-refractivity contribution in [3.63, 3.8) is 0 Å². The van der Waals surface area contributed by atoms with Crippen LogP contribution in [0.3, 0.4) is 0 Å². The normalized spacial score (nSPS) is 20.2. The predicted molar refractivity (Wildman–Crippen MR) is 79.1 cm³/mol. The van der Waals surface area contributed by atoms with Crippen LogP contribution in [0.15, 0.2) is 6.07 Å². The van der Waals surface area contributed by atoms with Gasteiger partial charge in [-0.1, -0.05) is 0 Å². The van der Waals surface area contributed by atoms with E-state index >= 15 is 0 Å². The van der Waals surface area contributed by atoms with Crippen molar-refractivity contribution in [2.75, 3.05) is 33.3 Å². The van der Waals surface area contributed by atoms with Crippen molar-refractivity contribution in [2.45, 2.75) is 38.2 Å². The van der Waals surface area contributed by atoms with Gasteiger partial charge >= 0.3 is 6.18 Å². The number of carbonyl (C=O) groups is 1. The molecule has 1 amide bonds. The smallest absolute Gasteiger partial charge is 0.368 e. The molecule has 0 aliphatic carbocycles. The van der Waals surface area contributed by atoms with E-state index in [-0.39, 0.29) is 31.7 Å². The van der Waals surface area contributed by atoms with Crippen LogP contribution in [-0.4, -0.2) is 64.9 Å². The minimum absolute atomic E-state index is 0.0192. The van der Waals surface area contributed by atoms with Gasteiger partial charge in [-0.25, -0.2) is 0 Å². The van der Waals surface area contributed by atoms with Crippen LogP contribution < -0.4 is 0 Å². The molecule has 0 spiro atoms. The topological polar surface area (TPSA) is 50.6 Å². The van der Waals surface area contributed by atoms with E-state index in [1.807, 2.05) is 7.05 Å². The van der Waals surface area contributed by atoms with Gasteiger partial charge in [0, 0.05) is 19.6 Å². The summed E-state index contributed by atoms with van der Waals surface area (Å²) in [5.41, 5.74) is -0.504. The fourth-order valence-corrected chi connectivity index (χ4v) is 3.05. The lowest BCUT2D eigenvalue weighted by Crippen LogP contribution is -2.42. The maximum Gasteiger partial charge on any atom is 0.435 e. The molecule has 2 aliphatic rings. The Morgan fingerprint density at radius 3 is 2.67 bits per heavy atom. The molecule has 0 aromatic carbocycles. The molecule has 24 heavy (non-hydrogen) atoms. The van der Waals surface area contributed by atoms with Gasteiger partial charge in [0.2, 0.25) is 5.91 Å². The minimum atomic E-state index is -4.46.